The predicted octanol–water partition coefficient (Wildman–Crippen LogP) is 4.21. The van der Waals surface area contributed by atoms with Gasteiger partial charge in [-0.1, -0.05) is 13.8 Å². The number of hydrogen-bond acceptors (Lipinski definition) is 4. The summed E-state index contributed by atoms with van der Waals surface area (Å²) in [4.78, 5) is 0. The third-order valence-corrected chi connectivity index (χ3v) is 10.1. The zero-order valence-corrected chi connectivity index (χ0v) is 17.7. The van der Waals surface area contributed by atoms with Crippen molar-refractivity contribution in [1.82, 2.24) is 0 Å². The van der Waals surface area contributed by atoms with Crippen molar-refractivity contribution in [2.75, 3.05) is 0 Å². The summed E-state index contributed by atoms with van der Waals surface area (Å²) >= 11 is 0. The maximum Gasteiger partial charge on any atom is 0.397 e. The van der Waals surface area contributed by atoms with Crippen molar-refractivity contribution in [2.45, 2.75) is 90.8 Å². The van der Waals surface area contributed by atoms with Crippen LogP contribution in [-0.2, 0) is 14.6 Å². The minimum absolute atomic E-state index is 0.0999. The van der Waals surface area contributed by atoms with Crippen LogP contribution in [0.2, 0.25) is 0 Å². The van der Waals surface area contributed by atoms with Gasteiger partial charge in [-0.3, -0.25) is 4.55 Å². The Morgan fingerprint density at radius 1 is 0.963 bits per heavy atom. The largest absolute Gasteiger partial charge is 0.397 e. The van der Waals surface area contributed by atoms with Gasteiger partial charge < -0.3 is 5.11 Å². The molecule has 0 aromatic heterocycles. The zero-order valence-electron chi connectivity index (χ0n) is 16.9. The van der Waals surface area contributed by atoms with Gasteiger partial charge in [0.05, 0.1) is 12.2 Å². The standard InChI is InChI=1S/C21H36O5S/c1-13(26-27(23,24)25)17-6-7-18-16-5-4-14-12-15(22)8-10-20(14,2)19(16)9-11-21(17,18)3/h13-19,22H,4-12H2,1-3H3,(H,23,24,25)/t13-,14+,15+,16-,17+,18-,19-,20-,21+/m0/s1. The molecule has 0 aromatic rings. The molecule has 0 saturated heterocycles. The van der Waals surface area contributed by atoms with Gasteiger partial charge in [0.25, 0.3) is 0 Å². The lowest BCUT2D eigenvalue weighted by molar-refractivity contribution is -0.131. The van der Waals surface area contributed by atoms with Crippen LogP contribution in [0.3, 0.4) is 0 Å². The molecule has 0 heterocycles. The van der Waals surface area contributed by atoms with Gasteiger partial charge in [0.2, 0.25) is 0 Å². The first-order valence-corrected chi connectivity index (χ1v) is 12.2. The van der Waals surface area contributed by atoms with Crippen LogP contribution in [0.5, 0.6) is 0 Å². The summed E-state index contributed by atoms with van der Waals surface area (Å²) in [6.45, 7) is 6.63. The molecule has 4 aliphatic carbocycles. The number of rotatable bonds is 3. The number of fused-ring (bicyclic) bond motifs is 5. The van der Waals surface area contributed by atoms with Gasteiger partial charge in [0, 0.05) is 0 Å². The molecule has 9 atom stereocenters. The SMILES string of the molecule is C[C@H](OS(=O)(=O)O)[C@H]1CC[C@H]2[C@@H]3CC[C@@H]4C[C@H](O)CC[C@]4(C)[C@H]3CC[C@]12C. The van der Waals surface area contributed by atoms with Crippen molar-refractivity contribution in [3.8, 4) is 0 Å². The van der Waals surface area contributed by atoms with Gasteiger partial charge in [-0.15, -0.1) is 0 Å². The van der Waals surface area contributed by atoms with Crippen LogP contribution >= 0.6 is 0 Å². The molecule has 4 fully saturated rings. The Kier molecular flexibility index (Phi) is 4.98. The number of hydrogen-bond donors (Lipinski definition) is 2. The van der Waals surface area contributed by atoms with E-state index in [-0.39, 0.29) is 17.4 Å². The van der Waals surface area contributed by atoms with Crippen molar-refractivity contribution in [2.24, 2.45) is 40.4 Å². The fraction of sp³-hybridized carbons (Fsp3) is 1.00. The summed E-state index contributed by atoms with van der Waals surface area (Å²) in [5.41, 5.74) is 0.459. The average Bonchev–Trinajstić information content (AvgIpc) is 2.91. The van der Waals surface area contributed by atoms with Crippen molar-refractivity contribution < 1.29 is 22.3 Å². The molecule has 4 saturated carbocycles. The fourth-order valence-corrected chi connectivity index (χ4v) is 8.82. The van der Waals surface area contributed by atoms with Gasteiger partial charge in [-0.2, -0.15) is 8.42 Å². The zero-order chi connectivity index (χ0) is 19.6. The van der Waals surface area contributed by atoms with Crippen LogP contribution in [0.15, 0.2) is 0 Å². The van der Waals surface area contributed by atoms with Crippen LogP contribution in [0.4, 0.5) is 0 Å². The monoisotopic (exact) mass is 400 g/mol. The highest BCUT2D eigenvalue weighted by molar-refractivity contribution is 7.80. The molecule has 0 aliphatic heterocycles. The van der Waals surface area contributed by atoms with Crippen LogP contribution < -0.4 is 0 Å². The van der Waals surface area contributed by atoms with Gasteiger partial charge in [-0.05, 0) is 105 Å². The van der Waals surface area contributed by atoms with Crippen LogP contribution in [-0.4, -0.2) is 30.3 Å². The Morgan fingerprint density at radius 3 is 2.33 bits per heavy atom. The predicted molar refractivity (Wildman–Crippen MR) is 103 cm³/mol. The lowest BCUT2D eigenvalue weighted by atomic mass is 9.44. The summed E-state index contributed by atoms with van der Waals surface area (Å²) < 4.78 is 36.6. The Labute approximate surface area is 164 Å². The van der Waals surface area contributed by atoms with Gasteiger partial charge in [0.1, 0.15) is 0 Å². The Morgan fingerprint density at radius 2 is 1.63 bits per heavy atom. The van der Waals surface area contributed by atoms with Crippen molar-refractivity contribution in [1.29, 1.82) is 0 Å². The topological polar surface area (TPSA) is 83.8 Å². The molecule has 4 aliphatic rings. The summed E-state index contributed by atoms with van der Waals surface area (Å²) in [5.74, 6) is 2.91. The molecule has 0 bridgehead atoms. The second-order valence-corrected chi connectivity index (χ2v) is 11.6. The summed E-state index contributed by atoms with van der Waals surface area (Å²) in [6.07, 6.45) is 9.42. The third kappa shape index (κ3) is 3.28. The van der Waals surface area contributed by atoms with Crippen LogP contribution in [0, 0.1) is 40.4 Å². The fourth-order valence-electron chi connectivity index (χ4n) is 8.31. The minimum atomic E-state index is -4.40. The molecule has 27 heavy (non-hydrogen) atoms. The maximum atomic E-state index is 11.2. The summed E-state index contributed by atoms with van der Waals surface area (Å²) in [5, 5.41) is 10.2. The van der Waals surface area contributed by atoms with E-state index in [0.29, 0.717) is 23.2 Å². The normalized spacial score (nSPS) is 51.1. The van der Waals surface area contributed by atoms with E-state index in [1.165, 1.54) is 19.3 Å². The molecule has 0 aromatic carbocycles. The third-order valence-electron chi connectivity index (χ3n) is 9.55. The van der Waals surface area contributed by atoms with E-state index in [1.54, 1.807) is 6.92 Å². The van der Waals surface area contributed by atoms with Crippen LogP contribution in [0.1, 0.15) is 78.6 Å². The maximum absolute atomic E-state index is 11.2. The molecule has 5 nitrogen and oxygen atoms in total. The highest BCUT2D eigenvalue weighted by Crippen LogP contribution is 2.67. The lowest BCUT2D eigenvalue weighted by Gasteiger charge is -2.61. The van der Waals surface area contributed by atoms with E-state index in [2.05, 4.69) is 13.8 Å². The minimum Gasteiger partial charge on any atom is -0.393 e. The Balaban J connectivity index is 1.55. The first-order chi connectivity index (χ1) is 12.5. The smallest absolute Gasteiger partial charge is 0.393 e. The summed E-state index contributed by atoms with van der Waals surface area (Å²) in [7, 11) is -4.40. The first kappa shape index (κ1) is 20.1. The molecule has 0 radical (unpaired) electrons. The molecule has 156 valence electrons. The molecule has 0 spiro atoms. The highest BCUT2D eigenvalue weighted by Gasteiger charge is 2.61. The van der Waals surface area contributed by atoms with Gasteiger partial charge in [-0.25, -0.2) is 4.18 Å². The van der Waals surface area contributed by atoms with E-state index in [9.17, 15) is 13.5 Å². The number of aliphatic hydroxyl groups is 1. The molecular formula is C21H36O5S. The first-order valence-electron chi connectivity index (χ1n) is 10.9. The quantitative estimate of drug-likeness (QED) is 0.693. The molecule has 0 amide bonds. The van der Waals surface area contributed by atoms with Gasteiger partial charge >= 0.3 is 10.4 Å². The second kappa shape index (κ2) is 6.68. The lowest BCUT2D eigenvalue weighted by Crippen LogP contribution is -2.54. The number of aliphatic hydroxyl groups excluding tert-OH is 1. The molecule has 0 unspecified atom stereocenters. The molecule has 2 N–H and O–H groups in total. The Hall–Kier alpha value is -0.170. The van der Waals surface area contributed by atoms with Crippen molar-refractivity contribution in [3.63, 3.8) is 0 Å². The van der Waals surface area contributed by atoms with E-state index in [0.717, 1.165) is 44.4 Å². The van der Waals surface area contributed by atoms with Gasteiger partial charge in [0.15, 0.2) is 0 Å². The molecule has 4 rings (SSSR count). The molecular weight excluding hydrogens is 364 g/mol. The van der Waals surface area contributed by atoms with E-state index in [4.69, 9.17) is 8.74 Å². The van der Waals surface area contributed by atoms with E-state index < -0.39 is 16.5 Å². The highest BCUT2D eigenvalue weighted by atomic mass is 32.3. The summed E-state index contributed by atoms with van der Waals surface area (Å²) in [6, 6.07) is 0. The van der Waals surface area contributed by atoms with E-state index >= 15 is 0 Å². The average molecular weight is 401 g/mol. The Bertz CT molecular complexity index is 678. The van der Waals surface area contributed by atoms with Crippen molar-refractivity contribution >= 4 is 10.4 Å². The van der Waals surface area contributed by atoms with Crippen molar-refractivity contribution in [3.05, 3.63) is 0 Å². The molecule has 6 heteroatoms. The van der Waals surface area contributed by atoms with Crippen LogP contribution in [0.25, 0.3) is 0 Å². The second-order valence-electron chi connectivity index (χ2n) is 10.5. The van der Waals surface area contributed by atoms with E-state index in [1.807, 2.05) is 0 Å².